The fourth-order valence-corrected chi connectivity index (χ4v) is 2.22. The molecule has 21 heavy (non-hydrogen) atoms. The molecule has 0 radical (unpaired) electrons. The van der Waals surface area contributed by atoms with E-state index in [1.807, 2.05) is 43.3 Å². The van der Waals surface area contributed by atoms with Gasteiger partial charge in [0.2, 0.25) is 5.91 Å². The van der Waals surface area contributed by atoms with Gasteiger partial charge in [-0.3, -0.25) is 9.89 Å². The number of aromatic nitrogens is 2. The van der Waals surface area contributed by atoms with Gasteiger partial charge in [0.25, 0.3) is 0 Å². The van der Waals surface area contributed by atoms with Crippen LogP contribution in [-0.4, -0.2) is 45.8 Å². The fraction of sp³-hybridized carbons (Fsp3) is 0.375. The minimum Gasteiger partial charge on any atom is -0.395 e. The fourth-order valence-electron chi connectivity index (χ4n) is 2.22. The lowest BCUT2D eigenvalue weighted by atomic mass is 10.1. The van der Waals surface area contributed by atoms with Crippen molar-refractivity contribution in [3.05, 3.63) is 53.3 Å². The van der Waals surface area contributed by atoms with E-state index in [0.717, 1.165) is 17.8 Å². The Balaban J connectivity index is 1.92. The first-order valence-corrected chi connectivity index (χ1v) is 7.12. The van der Waals surface area contributed by atoms with E-state index in [0.29, 0.717) is 13.1 Å². The number of nitrogens with one attached hydrogen (secondary N) is 1. The van der Waals surface area contributed by atoms with Crippen LogP contribution in [0.5, 0.6) is 0 Å². The normalized spacial score (nSPS) is 10.6. The van der Waals surface area contributed by atoms with Gasteiger partial charge in [0.15, 0.2) is 0 Å². The average Bonchev–Trinajstić information content (AvgIpc) is 2.89. The maximum Gasteiger partial charge on any atom is 0.228 e. The van der Waals surface area contributed by atoms with Gasteiger partial charge in [-0.15, -0.1) is 0 Å². The van der Waals surface area contributed by atoms with E-state index in [-0.39, 0.29) is 18.9 Å². The largest absolute Gasteiger partial charge is 0.395 e. The molecule has 0 saturated heterocycles. The van der Waals surface area contributed by atoms with E-state index in [4.69, 9.17) is 5.11 Å². The lowest BCUT2D eigenvalue weighted by Gasteiger charge is -2.21. The molecule has 5 nitrogen and oxygen atoms in total. The highest BCUT2D eigenvalue weighted by molar-refractivity contribution is 5.78. The first-order valence-electron chi connectivity index (χ1n) is 7.12. The Morgan fingerprint density at radius 1 is 1.29 bits per heavy atom. The van der Waals surface area contributed by atoms with Crippen LogP contribution in [0.3, 0.4) is 0 Å². The quantitative estimate of drug-likeness (QED) is 0.807. The first kappa shape index (κ1) is 15.3. The summed E-state index contributed by atoms with van der Waals surface area (Å²) in [4.78, 5) is 14.0. The molecule has 2 aromatic rings. The van der Waals surface area contributed by atoms with Crippen molar-refractivity contribution in [3.8, 4) is 0 Å². The number of carbonyl (C=O) groups excluding carboxylic acids is 1. The second-order valence-corrected chi connectivity index (χ2v) is 5.06. The number of aliphatic hydroxyl groups excluding tert-OH is 1. The maximum atomic E-state index is 12.3. The SMILES string of the molecule is Cc1cc(CC(=O)N(CCO)CCc2ccccc2)n[nH]1. The minimum absolute atomic E-state index is 0.00789. The molecule has 0 atom stereocenters. The molecule has 0 aliphatic rings. The summed E-state index contributed by atoms with van der Waals surface area (Å²) >= 11 is 0. The van der Waals surface area contributed by atoms with Gasteiger partial charge in [0.1, 0.15) is 0 Å². The molecule has 1 amide bonds. The molecule has 0 aliphatic heterocycles. The summed E-state index contributed by atoms with van der Waals surface area (Å²) < 4.78 is 0. The summed E-state index contributed by atoms with van der Waals surface area (Å²) in [5, 5.41) is 16.1. The van der Waals surface area contributed by atoms with Crippen molar-refractivity contribution in [1.29, 1.82) is 0 Å². The van der Waals surface area contributed by atoms with Gasteiger partial charge in [-0.25, -0.2) is 0 Å². The lowest BCUT2D eigenvalue weighted by Crippen LogP contribution is -2.36. The summed E-state index contributed by atoms with van der Waals surface area (Å²) in [7, 11) is 0. The standard InChI is InChI=1S/C16H21N3O2/c1-13-11-15(18-17-13)12-16(21)19(9-10-20)8-7-14-5-3-2-4-6-14/h2-6,11,20H,7-10,12H2,1H3,(H,17,18). The van der Waals surface area contributed by atoms with Gasteiger partial charge in [-0.05, 0) is 25.0 Å². The number of aliphatic hydroxyl groups is 1. The molecule has 5 heteroatoms. The highest BCUT2D eigenvalue weighted by atomic mass is 16.3. The number of carbonyl (C=O) groups is 1. The van der Waals surface area contributed by atoms with E-state index in [1.54, 1.807) is 4.90 Å². The zero-order valence-electron chi connectivity index (χ0n) is 12.2. The summed E-state index contributed by atoms with van der Waals surface area (Å²) in [5.41, 5.74) is 2.86. The highest BCUT2D eigenvalue weighted by Crippen LogP contribution is 2.05. The number of hydrogen-bond donors (Lipinski definition) is 2. The molecular formula is C16H21N3O2. The molecule has 1 heterocycles. The molecule has 1 aromatic heterocycles. The van der Waals surface area contributed by atoms with Gasteiger partial charge in [-0.2, -0.15) is 5.10 Å². The Morgan fingerprint density at radius 2 is 2.05 bits per heavy atom. The Bertz CT molecular complexity index is 566. The molecule has 0 saturated carbocycles. The molecule has 112 valence electrons. The molecular weight excluding hydrogens is 266 g/mol. The van der Waals surface area contributed by atoms with E-state index in [2.05, 4.69) is 10.2 Å². The van der Waals surface area contributed by atoms with Crippen LogP contribution < -0.4 is 0 Å². The van der Waals surface area contributed by atoms with Crippen LogP contribution in [0.4, 0.5) is 0 Å². The Morgan fingerprint density at radius 3 is 2.67 bits per heavy atom. The van der Waals surface area contributed by atoms with Gasteiger partial charge >= 0.3 is 0 Å². The smallest absolute Gasteiger partial charge is 0.228 e. The van der Waals surface area contributed by atoms with Crippen molar-refractivity contribution in [2.24, 2.45) is 0 Å². The minimum atomic E-state index is -0.0277. The number of hydrogen-bond acceptors (Lipinski definition) is 3. The third kappa shape index (κ3) is 4.72. The molecule has 0 aliphatic carbocycles. The summed E-state index contributed by atoms with van der Waals surface area (Å²) in [5.74, 6) is -0.00789. The van der Waals surface area contributed by atoms with Crippen LogP contribution in [-0.2, 0) is 17.6 Å². The van der Waals surface area contributed by atoms with Crippen LogP contribution in [0.2, 0.25) is 0 Å². The van der Waals surface area contributed by atoms with Gasteiger partial charge in [0.05, 0.1) is 18.7 Å². The zero-order chi connectivity index (χ0) is 15.1. The van der Waals surface area contributed by atoms with E-state index in [1.165, 1.54) is 5.56 Å². The number of nitrogens with zero attached hydrogens (tertiary/aromatic N) is 2. The molecule has 2 N–H and O–H groups in total. The van der Waals surface area contributed by atoms with Crippen LogP contribution in [0.1, 0.15) is 17.0 Å². The lowest BCUT2D eigenvalue weighted by molar-refractivity contribution is -0.131. The van der Waals surface area contributed by atoms with Crippen molar-refractivity contribution < 1.29 is 9.90 Å². The van der Waals surface area contributed by atoms with Crippen LogP contribution in [0.25, 0.3) is 0 Å². The van der Waals surface area contributed by atoms with Crippen molar-refractivity contribution in [1.82, 2.24) is 15.1 Å². The van der Waals surface area contributed by atoms with E-state index in [9.17, 15) is 4.79 Å². The van der Waals surface area contributed by atoms with E-state index < -0.39 is 0 Å². The van der Waals surface area contributed by atoms with Gasteiger partial charge in [0, 0.05) is 18.8 Å². The van der Waals surface area contributed by atoms with Crippen molar-refractivity contribution in [2.45, 2.75) is 19.8 Å². The van der Waals surface area contributed by atoms with Gasteiger partial charge in [-0.1, -0.05) is 30.3 Å². The Labute approximate surface area is 124 Å². The monoisotopic (exact) mass is 287 g/mol. The number of aryl methyl sites for hydroxylation is 1. The summed E-state index contributed by atoms with van der Waals surface area (Å²) in [6, 6.07) is 11.9. The Hall–Kier alpha value is -2.14. The van der Waals surface area contributed by atoms with Crippen molar-refractivity contribution in [3.63, 3.8) is 0 Å². The topological polar surface area (TPSA) is 69.2 Å². The molecule has 0 fully saturated rings. The van der Waals surface area contributed by atoms with Crippen LogP contribution in [0, 0.1) is 6.92 Å². The molecule has 0 spiro atoms. The second kappa shape index (κ2) is 7.59. The van der Waals surface area contributed by atoms with E-state index >= 15 is 0 Å². The number of benzene rings is 1. The van der Waals surface area contributed by atoms with Gasteiger partial charge < -0.3 is 10.0 Å². The van der Waals surface area contributed by atoms with Crippen molar-refractivity contribution in [2.75, 3.05) is 19.7 Å². The maximum absolute atomic E-state index is 12.3. The summed E-state index contributed by atoms with van der Waals surface area (Å²) in [6.07, 6.45) is 1.05. The predicted octanol–water partition coefficient (Wildman–Crippen LogP) is 1.32. The number of amides is 1. The average molecular weight is 287 g/mol. The number of aromatic amines is 1. The molecule has 0 bridgehead atoms. The third-order valence-corrected chi connectivity index (χ3v) is 3.33. The molecule has 0 unspecified atom stereocenters. The molecule has 1 aromatic carbocycles. The Kier molecular flexibility index (Phi) is 5.51. The van der Waals surface area contributed by atoms with Crippen LogP contribution in [0.15, 0.2) is 36.4 Å². The molecule has 2 rings (SSSR count). The van der Waals surface area contributed by atoms with Crippen LogP contribution >= 0.6 is 0 Å². The number of H-pyrrole nitrogens is 1. The third-order valence-electron chi connectivity index (χ3n) is 3.33. The highest BCUT2D eigenvalue weighted by Gasteiger charge is 2.15. The summed E-state index contributed by atoms with van der Waals surface area (Å²) in [6.45, 7) is 2.84. The second-order valence-electron chi connectivity index (χ2n) is 5.06. The zero-order valence-corrected chi connectivity index (χ0v) is 12.2. The first-order chi connectivity index (χ1) is 10.2. The number of rotatable bonds is 7. The van der Waals surface area contributed by atoms with Crippen molar-refractivity contribution >= 4 is 5.91 Å². The predicted molar refractivity (Wildman–Crippen MR) is 80.8 cm³/mol.